The van der Waals surface area contributed by atoms with E-state index in [1.807, 2.05) is 6.92 Å². The number of piperidine rings is 1. The van der Waals surface area contributed by atoms with E-state index in [0.717, 1.165) is 12.8 Å². The molecule has 1 aliphatic rings. The van der Waals surface area contributed by atoms with Gasteiger partial charge in [0.25, 0.3) is 11.6 Å². The Morgan fingerprint density at radius 1 is 1.57 bits per heavy atom. The summed E-state index contributed by atoms with van der Waals surface area (Å²) >= 11 is 0. The van der Waals surface area contributed by atoms with Crippen LogP contribution in [0.2, 0.25) is 0 Å². The van der Waals surface area contributed by atoms with E-state index < -0.39 is 4.92 Å². The second-order valence-electron chi connectivity index (χ2n) is 5.40. The number of benzene rings is 1. The van der Waals surface area contributed by atoms with Crippen LogP contribution in [0, 0.1) is 16.0 Å². The summed E-state index contributed by atoms with van der Waals surface area (Å²) in [5, 5.41) is 20.3. The van der Waals surface area contributed by atoms with E-state index in [2.05, 4.69) is 0 Å². The molecule has 7 heteroatoms. The number of aliphatic hydroxyl groups is 1. The van der Waals surface area contributed by atoms with E-state index in [0.29, 0.717) is 6.54 Å². The van der Waals surface area contributed by atoms with Crippen LogP contribution in [-0.2, 0) is 0 Å². The molecular formula is C14H19N3O4. The summed E-state index contributed by atoms with van der Waals surface area (Å²) in [7, 11) is 0. The summed E-state index contributed by atoms with van der Waals surface area (Å²) < 4.78 is 0. The van der Waals surface area contributed by atoms with Crippen molar-refractivity contribution in [2.45, 2.75) is 25.8 Å². The van der Waals surface area contributed by atoms with E-state index in [9.17, 15) is 20.0 Å². The summed E-state index contributed by atoms with van der Waals surface area (Å²) in [4.78, 5) is 24.5. The largest absolute Gasteiger partial charge is 0.398 e. The highest BCUT2D eigenvalue weighted by Gasteiger charge is 2.33. The molecular weight excluding hydrogens is 274 g/mol. The fourth-order valence-corrected chi connectivity index (χ4v) is 2.78. The lowest BCUT2D eigenvalue weighted by molar-refractivity contribution is -0.384. The van der Waals surface area contributed by atoms with Crippen LogP contribution < -0.4 is 5.73 Å². The second kappa shape index (κ2) is 6.09. The van der Waals surface area contributed by atoms with Crippen molar-refractivity contribution in [3.05, 3.63) is 33.9 Å². The summed E-state index contributed by atoms with van der Waals surface area (Å²) in [5.74, 6) is -0.172. The minimum atomic E-state index is -0.557. The van der Waals surface area contributed by atoms with Crippen LogP contribution in [0.5, 0.6) is 0 Å². The van der Waals surface area contributed by atoms with Gasteiger partial charge in [-0.05, 0) is 24.8 Å². The van der Waals surface area contributed by atoms with Gasteiger partial charge < -0.3 is 15.7 Å². The number of carbonyl (C=O) groups excluding carboxylic acids is 1. The van der Waals surface area contributed by atoms with Crippen LogP contribution in [0.4, 0.5) is 11.4 Å². The first-order valence-corrected chi connectivity index (χ1v) is 6.91. The molecule has 1 aliphatic heterocycles. The lowest BCUT2D eigenvalue weighted by Crippen LogP contribution is -2.49. The van der Waals surface area contributed by atoms with E-state index in [-0.39, 0.29) is 41.4 Å². The number of hydrogen-bond donors (Lipinski definition) is 2. The monoisotopic (exact) mass is 293 g/mol. The third-order valence-corrected chi connectivity index (χ3v) is 4.04. The van der Waals surface area contributed by atoms with Crippen molar-refractivity contribution in [1.29, 1.82) is 0 Å². The Balaban J connectivity index is 2.34. The molecule has 21 heavy (non-hydrogen) atoms. The van der Waals surface area contributed by atoms with Crippen LogP contribution in [-0.4, -0.2) is 40.0 Å². The number of rotatable bonds is 3. The SMILES string of the molecule is C[C@@H]1CCCN(C(=O)c2cc([N+](=O)[O-])ccc2N)[C@@H]1CO. The van der Waals surface area contributed by atoms with E-state index >= 15 is 0 Å². The molecule has 0 spiro atoms. The fraction of sp³-hybridized carbons (Fsp3) is 0.500. The zero-order valence-corrected chi connectivity index (χ0v) is 11.9. The maximum Gasteiger partial charge on any atom is 0.270 e. The summed E-state index contributed by atoms with van der Waals surface area (Å²) in [6, 6.07) is 3.57. The highest BCUT2D eigenvalue weighted by molar-refractivity contribution is 6.00. The van der Waals surface area contributed by atoms with Gasteiger partial charge in [0.05, 0.1) is 23.1 Å². The molecule has 1 aromatic carbocycles. The highest BCUT2D eigenvalue weighted by atomic mass is 16.6. The lowest BCUT2D eigenvalue weighted by Gasteiger charge is -2.39. The van der Waals surface area contributed by atoms with Gasteiger partial charge in [0, 0.05) is 24.4 Å². The fourth-order valence-electron chi connectivity index (χ4n) is 2.78. The van der Waals surface area contributed by atoms with Crippen LogP contribution in [0.25, 0.3) is 0 Å². The third kappa shape index (κ3) is 2.97. The minimum Gasteiger partial charge on any atom is -0.398 e. The van der Waals surface area contributed by atoms with Gasteiger partial charge in [-0.3, -0.25) is 14.9 Å². The Labute approximate surface area is 122 Å². The van der Waals surface area contributed by atoms with Crippen molar-refractivity contribution in [2.75, 3.05) is 18.9 Å². The maximum atomic E-state index is 12.6. The molecule has 7 nitrogen and oxygen atoms in total. The molecule has 1 fully saturated rings. The van der Waals surface area contributed by atoms with Crippen LogP contribution in [0.15, 0.2) is 18.2 Å². The number of hydrogen-bond acceptors (Lipinski definition) is 5. The van der Waals surface area contributed by atoms with E-state index in [1.54, 1.807) is 4.90 Å². The van der Waals surface area contributed by atoms with Gasteiger partial charge in [0.15, 0.2) is 0 Å². The zero-order chi connectivity index (χ0) is 15.6. The molecule has 1 amide bonds. The number of amides is 1. The first kappa shape index (κ1) is 15.2. The van der Waals surface area contributed by atoms with Crippen molar-refractivity contribution >= 4 is 17.3 Å². The van der Waals surface area contributed by atoms with Gasteiger partial charge in [0.2, 0.25) is 0 Å². The Morgan fingerprint density at radius 2 is 2.29 bits per heavy atom. The summed E-state index contributed by atoms with van der Waals surface area (Å²) in [5.41, 5.74) is 5.95. The number of nitrogen functional groups attached to an aromatic ring is 1. The number of nitro groups is 1. The van der Waals surface area contributed by atoms with E-state index in [4.69, 9.17) is 5.73 Å². The van der Waals surface area contributed by atoms with Gasteiger partial charge >= 0.3 is 0 Å². The maximum absolute atomic E-state index is 12.6. The molecule has 114 valence electrons. The van der Waals surface area contributed by atoms with Crippen molar-refractivity contribution in [2.24, 2.45) is 5.92 Å². The van der Waals surface area contributed by atoms with Crippen LogP contribution in [0.3, 0.4) is 0 Å². The second-order valence-corrected chi connectivity index (χ2v) is 5.40. The van der Waals surface area contributed by atoms with Gasteiger partial charge in [-0.25, -0.2) is 0 Å². The number of anilines is 1. The van der Waals surface area contributed by atoms with Gasteiger partial charge in [0.1, 0.15) is 0 Å². The quantitative estimate of drug-likeness (QED) is 0.497. The number of nitrogens with zero attached hydrogens (tertiary/aromatic N) is 2. The molecule has 2 atom stereocenters. The molecule has 0 aliphatic carbocycles. The predicted octanol–water partition coefficient (Wildman–Crippen LogP) is 1.41. The predicted molar refractivity (Wildman–Crippen MR) is 77.8 cm³/mol. The Bertz CT molecular complexity index is 561. The Kier molecular flexibility index (Phi) is 4.42. The number of non-ortho nitro benzene ring substituents is 1. The normalized spacial score (nSPS) is 22.1. The Morgan fingerprint density at radius 3 is 2.90 bits per heavy atom. The first-order valence-electron chi connectivity index (χ1n) is 6.91. The van der Waals surface area contributed by atoms with Gasteiger partial charge in [-0.1, -0.05) is 6.92 Å². The molecule has 0 saturated carbocycles. The van der Waals surface area contributed by atoms with Gasteiger partial charge in [-0.15, -0.1) is 0 Å². The number of aliphatic hydroxyl groups excluding tert-OH is 1. The van der Waals surface area contributed by atoms with Crippen molar-refractivity contribution in [3.8, 4) is 0 Å². The average Bonchev–Trinajstić information content (AvgIpc) is 2.46. The minimum absolute atomic E-state index is 0.122. The molecule has 0 aromatic heterocycles. The smallest absolute Gasteiger partial charge is 0.270 e. The van der Waals surface area contributed by atoms with Crippen LogP contribution in [0.1, 0.15) is 30.1 Å². The molecule has 1 aromatic rings. The first-order chi connectivity index (χ1) is 9.95. The molecule has 3 N–H and O–H groups in total. The van der Waals surface area contributed by atoms with Crippen LogP contribution >= 0.6 is 0 Å². The molecule has 1 heterocycles. The zero-order valence-electron chi connectivity index (χ0n) is 11.9. The molecule has 1 saturated heterocycles. The third-order valence-electron chi connectivity index (χ3n) is 4.04. The summed E-state index contributed by atoms with van der Waals surface area (Å²) in [6.07, 6.45) is 1.79. The molecule has 0 bridgehead atoms. The number of carbonyl (C=O) groups is 1. The van der Waals surface area contributed by atoms with Crippen molar-refractivity contribution < 1.29 is 14.8 Å². The topological polar surface area (TPSA) is 110 Å². The number of nitrogens with two attached hydrogens (primary N) is 1. The Hall–Kier alpha value is -2.15. The lowest BCUT2D eigenvalue weighted by atomic mass is 9.90. The van der Waals surface area contributed by atoms with Crippen molar-refractivity contribution in [3.63, 3.8) is 0 Å². The molecule has 0 radical (unpaired) electrons. The van der Waals surface area contributed by atoms with Gasteiger partial charge in [-0.2, -0.15) is 0 Å². The number of likely N-dealkylation sites (tertiary alicyclic amines) is 1. The number of nitro benzene ring substituents is 1. The van der Waals surface area contributed by atoms with Crippen molar-refractivity contribution in [1.82, 2.24) is 4.90 Å². The molecule has 2 rings (SSSR count). The standard InChI is InChI=1S/C14H19N3O4/c1-9-3-2-6-16(13(9)8-18)14(19)11-7-10(17(20)21)4-5-12(11)15/h4-5,7,9,13,18H,2-3,6,8,15H2,1H3/t9-,13-/m1/s1. The molecule has 0 unspecified atom stereocenters. The highest BCUT2D eigenvalue weighted by Crippen LogP contribution is 2.27. The summed E-state index contributed by atoms with van der Waals surface area (Å²) in [6.45, 7) is 2.38. The van der Waals surface area contributed by atoms with E-state index in [1.165, 1.54) is 18.2 Å². The average molecular weight is 293 g/mol.